The van der Waals surface area contributed by atoms with Crippen molar-refractivity contribution in [2.45, 2.75) is 52.0 Å². The summed E-state index contributed by atoms with van der Waals surface area (Å²) in [6, 6.07) is 0.635. The first-order chi connectivity index (χ1) is 10.7. The monoisotopic (exact) mass is 437 g/mol. The predicted molar refractivity (Wildman–Crippen MR) is 110 cm³/mol. The zero-order chi connectivity index (χ0) is 15.8. The van der Waals surface area contributed by atoms with E-state index in [2.05, 4.69) is 34.0 Å². The highest BCUT2D eigenvalue weighted by molar-refractivity contribution is 14.0. The van der Waals surface area contributed by atoms with Crippen LogP contribution < -0.4 is 11.1 Å². The summed E-state index contributed by atoms with van der Waals surface area (Å²) < 4.78 is 0. The van der Waals surface area contributed by atoms with Crippen molar-refractivity contribution >= 4 is 29.9 Å². The van der Waals surface area contributed by atoms with E-state index in [9.17, 15) is 0 Å². The van der Waals surface area contributed by atoms with Gasteiger partial charge in [0, 0.05) is 19.1 Å². The second-order valence-electron chi connectivity index (χ2n) is 6.82. The molecule has 5 nitrogen and oxygen atoms in total. The van der Waals surface area contributed by atoms with Gasteiger partial charge in [-0.3, -0.25) is 9.89 Å². The standard InChI is InChI=1S/C17H35N5.HI/c1-3-9-21-11-7-15(8-12-21)13-19-17(18)20-14-16-6-5-10-22(16)4-2;/h15-16H,3-14H2,1-2H3,(H3,18,19,20);1H. The third-order valence-corrected chi connectivity index (χ3v) is 5.19. The lowest BCUT2D eigenvalue weighted by Crippen LogP contribution is -2.43. The van der Waals surface area contributed by atoms with Crippen LogP contribution in [0, 0.1) is 5.92 Å². The van der Waals surface area contributed by atoms with Crippen molar-refractivity contribution in [2.75, 3.05) is 45.8 Å². The van der Waals surface area contributed by atoms with E-state index >= 15 is 0 Å². The Hall–Kier alpha value is -0.0800. The largest absolute Gasteiger partial charge is 0.370 e. The number of hydrogen-bond donors (Lipinski definition) is 2. The number of guanidine groups is 1. The smallest absolute Gasteiger partial charge is 0.188 e. The van der Waals surface area contributed by atoms with Gasteiger partial charge in [0.1, 0.15) is 0 Å². The van der Waals surface area contributed by atoms with Gasteiger partial charge in [-0.2, -0.15) is 0 Å². The van der Waals surface area contributed by atoms with Crippen molar-refractivity contribution in [1.29, 1.82) is 0 Å². The van der Waals surface area contributed by atoms with Gasteiger partial charge >= 0.3 is 0 Å². The van der Waals surface area contributed by atoms with E-state index in [0.29, 0.717) is 17.9 Å². The molecule has 0 bridgehead atoms. The molecule has 0 aliphatic carbocycles. The van der Waals surface area contributed by atoms with Crippen LogP contribution in [-0.4, -0.2) is 67.6 Å². The van der Waals surface area contributed by atoms with Crippen LogP contribution in [0.25, 0.3) is 0 Å². The summed E-state index contributed by atoms with van der Waals surface area (Å²) in [4.78, 5) is 9.68. The molecule has 0 amide bonds. The molecule has 0 aromatic carbocycles. The number of piperidine rings is 1. The molecular weight excluding hydrogens is 401 g/mol. The highest BCUT2D eigenvalue weighted by Crippen LogP contribution is 2.17. The third kappa shape index (κ3) is 7.13. The number of aliphatic imine (C=N–C) groups is 1. The quantitative estimate of drug-likeness (QED) is 0.364. The first kappa shape index (κ1) is 21.0. The summed E-state index contributed by atoms with van der Waals surface area (Å²) in [6.45, 7) is 12.4. The lowest BCUT2D eigenvalue weighted by molar-refractivity contribution is 0.188. The fourth-order valence-corrected chi connectivity index (χ4v) is 3.76. The van der Waals surface area contributed by atoms with Gasteiger partial charge in [0.15, 0.2) is 5.96 Å². The molecule has 1 atom stereocenters. The Bertz CT molecular complexity index is 342. The van der Waals surface area contributed by atoms with Crippen molar-refractivity contribution < 1.29 is 0 Å². The fraction of sp³-hybridized carbons (Fsp3) is 0.941. The maximum absolute atomic E-state index is 6.04. The van der Waals surface area contributed by atoms with Crippen LogP contribution in [0.15, 0.2) is 4.99 Å². The molecule has 0 radical (unpaired) electrons. The highest BCUT2D eigenvalue weighted by atomic mass is 127. The fourth-order valence-electron chi connectivity index (χ4n) is 3.76. The normalized spacial score (nSPS) is 24.6. The molecule has 2 fully saturated rings. The Morgan fingerprint density at radius 3 is 2.57 bits per heavy atom. The summed E-state index contributed by atoms with van der Waals surface area (Å²) >= 11 is 0. The maximum Gasteiger partial charge on any atom is 0.188 e. The van der Waals surface area contributed by atoms with Gasteiger partial charge in [-0.1, -0.05) is 13.8 Å². The zero-order valence-electron chi connectivity index (χ0n) is 15.0. The lowest BCUT2D eigenvalue weighted by atomic mass is 9.97. The SMILES string of the molecule is CCCN1CCC(CN=C(N)NCC2CCCN2CC)CC1.I. The van der Waals surface area contributed by atoms with E-state index < -0.39 is 0 Å². The Morgan fingerprint density at radius 2 is 1.91 bits per heavy atom. The van der Waals surface area contributed by atoms with Crippen LogP contribution in [-0.2, 0) is 0 Å². The Kier molecular flexibility index (Phi) is 10.5. The van der Waals surface area contributed by atoms with Crippen LogP contribution in [0.4, 0.5) is 0 Å². The molecule has 0 spiro atoms. The van der Waals surface area contributed by atoms with Gasteiger partial charge in [-0.05, 0) is 70.7 Å². The number of nitrogens with two attached hydrogens (primary N) is 1. The molecule has 3 N–H and O–H groups in total. The van der Waals surface area contributed by atoms with E-state index in [1.807, 2.05) is 0 Å². The summed E-state index contributed by atoms with van der Waals surface area (Å²) in [7, 11) is 0. The molecule has 0 saturated carbocycles. The Labute approximate surface area is 159 Å². The molecule has 6 heteroatoms. The summed E-state index contributed by atoms with van der Waals surface area (Å²) in [5, 5.41) is 3.33. The van der Waals surface area contributed by atoms with Crippen LogP contribution in [0.3, 0.4) is 0 Å². The average molecular weight is 437 g/mol. The molecule has 136 valence electrons. The Morgan fingerprint density at radius 1 is 1.17 bits per heavy atom. The van der Waals surface area contributed by atoms with Crippen LogP contribution in [0.2, 0.25) is 0 Å². The van der Waals surface area contributed by atoms with E-state index in [4.69, 9.17) is 5.73 Å². The molecule has 2 heterocycles. The number of nitrogens with one attached hydrogen (secondary N) is 1. The topological polar surface area (TPSA) is 56.9 Å². The van der Waals surface area contributed by atoms with Crippen LogP contribution in [0.1, 0.15) is 46.0 Å². The number of likely N-dealkylation sites (N-methyl/N-ethyl adjacent to an activating group) is 1. The van der Waals surface area contributed by atoms with E-state index in [1.54, 1.807) is 0 Å². The van der Waals surface area contributed by atoms with Crippen molar-refractivity contribution in [3.8, 4) is 0 Å². The van der Waals surface area contributed by atoms with Crippen molar-refractivity contribution in [2.24, 2.45) is 16.6 Å². The zero-order valence-corrected chi connectivity index (χ0v) is 17.3. The second kappa shape index (κ2) is 11.5. The van der Waals surface area contributed by atoms with Gasteiger partial charge in [0.2, 0.25) is 0 Å². The molecule has 2 rings (SSSR count). The molecule has 23 heavy (non-hydrogen) atoms. The molecule has 2 aliphatic rings. The van der Waals surface area contributed by atoms with Gasteiger partial charge in [-0.15, -0.1) is 24.0 Å². The van der Waals surface area contributed by atoms with Gasteiger partial charge in [-0.25, -0.2) is 0 Å². The maximum atomic E-state index is 6.04. The third-order valence-electron chi connectivity index (χ3n) is 5.19. The molecule has 1 unspecified atom stereocenters. The molecule has 2 aliphatic heterocycles. The first-order valence-electron chi connectivity index (χ1n) is 9.23. The highest BCUT2D eigenvalue weighted by Gasteiger charge is 2.22. The van der Waals surface area contributed by atoms with E-state index in [-0.39, 0.29) is 24.0 Å². The van der Waals surface area contributed by atoms with Gasteiger partial charge in [0.25, 0.3) is 0 Å². The van der Waals surface area contributed by atoms with Crippen molar-refractivity contribution in [3.05, 3.63) is 0 Å². The van der Waals surface area contributed by atoms with Crippen LogP contribution in [0.5, 0.6) is 0 Å². The molecule has 0 aromatic heterocycles. The van der Waals surface area contributed by atoms with Crippen molar-refractivity contribution in [1.82, 2.24) is 15.1 Å². The van der Waals surface area contributed by atoms with Gasteiger partial charge < -0.3 is 16.0 Å². The first-order valence-corrected chi connectivity index (χ1v) is 9.23. The predicted octanol–water partition coefficient (Wildman–Crippen LogP) is 2.12. The van der Waals surface area contributed by atoms with Crippen LogP contribution >= 0.6 is 24.0 Å². The molecule has 0 aromatic rings. The number of rotatable bonds is 7. The average Bonchev–Trinajstić information content (AvgIpc) is 3.00. The number of nitrogens with zero attached hydrogens (tertiary/aromatic N) is 3. The number of hydrogen-bond acceptors (Lipinski definition) is 3. The summed E-state index contributed by atoms with van der Waals surface area (Å²) in [5.41, 5.74) is 6.04. The van der Waals surface area contributed by atoms with Crippen molar-refractivity contribution in [3.63, 3.8) is 0 Å². The van der Waals surface area contributed by atoms with Gasteiger partial charge in [0.05, 0.1) is 0 Å². The van der Waals surface area contributed by atoms with E-state index in [1.165, 1.54) is 58.3 Å². The minimum absolute atomic E-state index is 0. The van der Waals surface area contributed by atoms with E-state index in [0.717, 1.165) is 19.6 Å². The summed E-state index contributed by atoms with van der Waals surface area (Å²) in [6.07, 6.45) is 6.39. The second-order valence-corrected chi connectivity index (χ2v) is 6.82. The minimum Gasteiger partial charge on any atom is -0.370 e. The Balaban J connectivity index is 0.00000264. The lowest BCUT2D eigenvalue weighted by Gasteiger charge is -2.31. The number of halogens is 1. The number of likely N-dealkylation sites (tertiary alicyclic amines) is 2. The molecular formula is C17H36IN5. The summed E-state index contributed by atoms with van der Waals surface area (Å²) in [5.74, 6) is 1.35. The molecule has 2 saturated heterocycles. The minimum atomic E-state index is 0.